The van der Waals surface area contributed by atoms with Crippen LogP contribution in [0.3, 0.4) is 0 Å². The van der Waals surface area contributed by atoms with Crippen molar-refractivity contribution in [1.82, 2.24) is 20.9 Å². The number of hydrogen-bond acceptors (Lipinski definition) is 6. The molecule has 0 saturated heterocycles. The highest BCUT2D eigenvalue weighted by molar-refractivity contribution is 6.25. The van der Waals surface area contributed by atoms with Crippen molar-refractivity contribution in [2.45, 2.75) is 19.3 Å². The molecular formula is C13H29N5O2. The van der Waals surface area contributed by atoms with E-state index in [4.69, 9.17) is 5.21 Å². The van der Waals surface area contributed by atoms with Crippen LogP contribution in [0.25, 0.3) is 0 Å². The molecule has 0 aliphatic rings. The Bertz CT molecular complexity index is 259. The van der Waals surface area contributed by atoms with E-state index in [1.165, 1.54) is 6.42 Å². The predicted octanol–water partition coefficient (Wildman–Crippen LogP) is -0.526. The van der Waals surface area contributed by atoms with Gasteiger partial charge in [-0.1, -0.05) is 5.16 Å². The van der Waals surface area contributed by atoms with Crippen LogP contribution in [0.15, 0.2) is 5.16 Å². The van der Waals surface area contributed by atoms with Crippen molar-refractivity contribution in [3.8, 4) is 0 Å². The third-order valence-corrected chi connectivity index (χ3v) is 2.67. The highest BCUT2D eigenvalue weighted by Crippen LogP contribution is 1.82. The Kier molecular flexibility index (Phi) is 13.4. The minimum Gasteiger partial charge on any atom is -0.411 e. The normalized spacial score (nSPS) is 11.3. The van der Waals surface area contributed by atoms with Crippen LogP contribution in [0.4, 0.5) is 0 Å². The number of carbonyl (C=O) groups excluding carboxylic acids is 1. The Hall–Kier alpha value is -1.18. The largest absolute Gasteiger partial charge is 0.411 e. The van der Waals surface area contributed by atoms with Gasteiger partial charge in [-0.25, -0.2) is 0 Å². The van der Waals surface area contributed by atoms with Crippen LogP contribution in [0.2, 0.25) is 0 Å². The summed E-state index contributed by atoms with van der Waals surface area (Å²) in [4.78, 5) is 13.1. The molecule has 0 heterocycles. The van der Waals surface area contributed by atoms with Crippen LogP contribution in [0, 0.1) is 0 Å². The molecule has 118 valence electrons. The number of nitrogens with zero attached hydrogens (tertiary/aromatic N) is 2. The monoisotopic (exact) mass is 287 g/mol. The van der Waals surface area contributed by atoms with Crippen molar-refractivity contribution in [3.05, 3.63) is 0 Å². The number of carbonyl (C=O) groups is 1. The van der Waals surface area contributed by atoms with Crippen LogP contribution in [-0.2, 0) is 4.79 Å². The van der Waals surface area contributed by atoms with Gasteiger partial charge in [-0.05, 0) is 66.1 Å². The molecule has 0 aromatic rings. The summed E-state index contributed by atoms with van der Waals surface area (Å²) in [5.41, 5.74) is 0. The summed E-state index contributed by atoms with van der Waals surface area (Å²) in [5, 5.41) is 20.1. The van der Waals surface area contributed by atoms with Gasteiger partial charge in [0.1, 0.15) is 6.21 Å². The first-order valence-electron chi connectivity index (χ1n) is 7.18. The summed E-state index contributed by atoms with van der Waals surface area (Å²) in [6, 6.07) is 0. The summed E-state index contributed by atoms with van der Waals surface area (Å²) in [6.45, 7) is 5.66. The van der Waals surface area contributed by atoms with Gasteiger partial charge in [0.25, 0.3) is 5.91 Å². The first kappa shape index (κ1) is 18.8. The fourth-order valence-electron chi connectivity index (χ4n) is 1.63. The van der Waals surface area contributed by atoms with Crippen LogP contribution in [0.1, 0.15) is 19.3 Å². The fourth-order valence-corrected chi connectivity index (χ4v) is 1.63. The second-order valence-corrected chi connectivity index (χ2v) is 4.90. The van der Waals surface area contributed by atoms with Crippen molar-refractivity contribution >= 4 is 12.1 Å². The molecule has 7 heteroatoms. The van der Waals surface area contributed by atoms with Crippen LogP contribution in [-0.4, -0.2) is 75.6 Å². The van der Waals surface area contributed by atoms with Gasteiger partial charge in [-0.3, -0.25) is 4.79 Å². The summed E-state index contributed by atoms with van der Waals surface area (Å²) in [6.07, 6.45) is 4.00. The van der Waals surface area contributed by atoms with Gasteiger partial charge < -0.3 is 26.1 Å². The van der Waals surface area contributed by atoms with Gasteiger partial charge in [0.15, 0.2) is 0 Å². The molecular weight excluding hydrogens is 258 g/mol. The average molecular weight is 287 g/mol. The maximum atomic E-state index is 10.9. The minimum absolute atomic E-state index is 0.366. The second kappa shape index (κ2) is 14.2. The molecule has 0 rings (SSSR count). The summed E-state index contributed by atoms with van der Waals surface area (Å²) >= 11 is 0. The van der Waals surface area contributed by atoms with Crippen LogP contribution in [0.5, 0.6) is 0 Å². The fraction of sp³-hybridized carbons (Fsp3) is 0.846. The lowest BCUT2D eigenvalue weighted by atomic mass is 10.3. The van der Waals surface area contributed by atoms with Crippen LogP contribution >= 0.6 is 0 Å². The molecule has 0 radical (unpaired) electrons. The number of nitrogens with one attached hydrogen (secondary N) is 3. The molecule has 0 aliphatic carbocycles. The van der Waals surface area contributed by atoms with Crippen molar-refractivity contribution in [3.63, 3.8) is 0 Å². The maximum Gasteiger partial charge on any atom is 0.265 e. The van der Waals surface area contributed by atoms with Gasteiger partial charge in [-0.15, -0.1) is 0 Å². The van der Waals surface area contributed by atoms with Crippen molar-refractivity contribution < 1.29 is 10.0 Å². The molecule has 0 saturated carbocycles. The van der Waals surface area contributed by atoms with Gasteiger partial charge in [0.2, 0.25) is 0 Å². The van der Waals surface area contributed by atoms with Crippen molar-refractivity contribution in [2.24, 2.45) is 5.16 Å². The Morgan fingerprint density at radius 2 is 1.60 bits per heavy atom. The molecule has 0 aromatic heterocycles. The van der Waals surface area contributed by atoms with Crippen molar-refractivity contribution in [1.29, 1.82) is 0 Å². The highest BCUT2D eigenvalue weighted by atomic mass is 16.4. The maximum absolute atomic E-state index is 10.9. The quantitative estimate of drug-likeness (QED) is 0.158. The van der Waals surface area contributed by atoms with E-state index in [0.717, 1.165) is 51.8 Å². The van der Waals surface area contributed by atoms with E-state index < -0.39 is 0 Å². The Morgan fingerprint density at radius 3 is 2.15 bits per heavy atom. The first-order chi connectivity index (χ1) is 9.66. The minimum atomic E-state index is -0.366. The highest BCUT2D eigenvalue weighted by Gasteiger charge is 1.95. The Morgan fingerprint density at radius 1 is 1.05 bits per heavy atom. The predicted molar refractivity (Wildman–Crippen MR) is 81.4 cm³/mol. The lowest BCUT2D eigenvalue weighted by Gasteiger charge is -2.10. The van der Waals surface area contributed by atoms with E-state index in [0.29, 0.717) is 6.54 Å². The lowest BCUT2D eigenvalue weighted by Crippen LogP contribution is -2.29. The molecule has 0 bridgehead atoms. The zero-order chi connectivity index (χ0) is 15.1. The zero-order valence-corrected chi connectivity index (χ0v) is 12.7. The first-order valence-corrected chi connectivity index (χ1v) is 7.18. The molecule has 1 amide bonds. The summed E-state index contributed by atoms with van der Waals surface area (Å²) in [7, 11) is 4.17. The third-order valence-electron chi connectivity index (χ3n) is 2.67. The van der Waals surface area contributed by atoms with E-state index in [1.807, 2.05) is 0 Å². The van der Waals surface area contributed by atoms with E-state index in [2.05, 4.69) is 40.1 Å². The topological polar surface area (TPSA) is 89.0 Å². The van der Waals surface area contributed by atoms with E-state index >= 15 is 0 Å². The van der Waals surface area contributed by atoms with Gasteiger partial charge in [0.05, 0.1) is 0 Å². The molecule has 20 heavy (non-hydrogen) atoms. The Balaban J connectivity index is 3.08. The molecule has 0 aromatic carbocycles. The van der Waals surface area contributed by atoms with Crippen LogP contribution < -0.4 is 16.0 Å². The van der Waals surface area contributed by atoms with Gasteiger partial charge in [0, 0.05) is 6.54 Å². The molecule has 4 N–H and O–H groups in total. The van der Waals surface area contributed by atoms with E-state index in [1.54, 1.807) is 0 Å². The second-order valence-electron chi connectivity index (χ2n) is 4.90. The van der Waals surface area contributed by atoms with Crippen molar-refractivity contribution in [2.75, 3.05) is 53.4 Å². The third kappa shape index (κ3) is 14.9. The molecule has 7 nitrogen and oxygen atoms in total. The molecule has 0 aliphatic heterocycles. The Labute approximate surface area is 121 Å². The smallest absolute Gasteiger partial charge is 0.265 e. The standard InChI is InChI=1S/C13H29N5O2/c1-18(2)11-5-9-15-7-3-6-14-8-4-10-16-13(19)12-17-20/h12,14-15,20H,3-11H2,1-2H3,(H,16,19). The number of hydrogen-bond donors (Lipinski definition) is 4. The average Bonchev–Trinajstić information content (AvgIpc) is 2.40. The summed E-state index contributed by atoms with van der Waals surface area (Å²) in [5.74, 6) is -0.366. The molecule has 0 spiro atoms. The number of oxime groups is 1. The van der Waals surface area contributed by atoms with E-state index in [-0.39, 0.29) is 5.91 Å². The van der Waals surface area contributed by atoms with Gasteiger partial charge in [-0.2, -0.15) is 0 Å². The lowest BCUT2D eigenvalue weighted by molar-refractivity contribution is -0.114. The zero-order valence-electron chi connectivity index (χ0n) is 12.7. The number of amides is 1. The summed E-state index contributed by atoms with van der Waals surface area (Å²) < 4.78 is 0. The molecule has 0 unspecified atom stereocenters. The van der Waals surface area contributed by atoms with E-state index in [9.17, 15) is 4.79 Å². The number of rotatable bonds is 13. The molecule has 0 fully saturated rings. The molecule has 0 atom stereocenters. The van der Waals surface area contributed by atoms with Gasteiger partial charge >= 0.3 is 0 Å². The SMILES string of the molecule is CN(C)CCCNCCCNCCCNC(=O)C=NO.